The lowest BCUT2D eigenvalue weighted by atomic mass is 9.98. The van der Waals surface area contributed by atoms with E-state index in [1.54, 1.807) is 12.1 Å². The summed E-state index contributed by atoms with van der Waals surface area (Å²) < 4.78 is 0. The molecule has 0 atom stereocenters. The molecule has 0 saturated heterocycles. The van der Waals surface area contributed by atoms with Crippen LogP contribution in [0.5, 0.6) is 0 Å². The first kappa shape index (κ1) is 16.2. The summed E-state index contributed by atoms with van der Waals surface area (Å²) in [6, 6.07) is 18.4. The zero-order valence-corrected chi connectivity index (χ0v) is 14.1. The summed E-state index contributed by atoms with van der Waals surface area (Å²) in [5, 5.41) is 23.1. The van der Waals surface area contributed by atoms with Crippen LogP contribution in [0.3, 0.4) is 0 Å². The minimum atomic E-state index is -0.391. The SMILES string of the molecule is Cc1ccc2c(c1)nc(-c1ccc(CO)cc1)c1cc([N+](=O)[O-])ccc12. The molecule has 0 aliphatic heterocycles. The highest BCUT2D eigenvalue weighted by atomic mass is 16.6. The van der Waals surface area contributed by atoms with Gasteiger partial charge in [0, 0.05) is 28.5 Å². The standard InChI is InChI=1S/C21H16N2O3/c1-13-2-8-18-17-9-7-16(23(25)26)11-19(17)21(22-20(18)10-13)15-5-3-14(12-24)4-6-15/h2-11,24H,12H2,1H3. The smallest absolute Gasteiger partial charge is 0.270 e. The quantitative estimate of drug-likeness (QED) is 0.330. The highest BCUT2D eigenvalue weighted by molar-refractivity contribution is 6.11. The molecular weight excluding hydrogens is 328 g/mol. The first-order valence-corrected chi connectivity index (χ1v) is 8.25. The minimum Gasteiger partial charge on any atom is -0.392 e. The van der Waals surface area contributed by atoms with Crippen molar-refractivity contribution in [1.29, 1.82) is 0 Å². The van der Waals surface area contributed by atoms with Crippen molar-refractivity contribution in [2.45, 2.75) is 13.5 Å². The van der Waals surface area contributed by atoms with Crippen molar-refractivity contribution in [1.82, 2.24) is 4.98 Å². The fraction of sp³-hybridized carbons (Fsp3) is 0.0952. The normalized spacial score (nSPS) is 11.2. The number of hydrogen-bond donors (Lipinski definition) is 1. The Labute approximate surface area is 149 Å². The maximum atomic E-state index is 11.2. The van der Waals surface area contributed by atoms with Crippen molar-refractivity contribution >= 4 is 27.4 Å². The number of fused-ring (bicyclic) bond motifs is 3. The molecule has 3 aromatic carbocycles. The Hall–Kier alpha value is -3.31. The van der Waals surface area contributed by atoms with Gasteiger partial charge < -0.3 is 5.11 Å². The van der Waals surface area contributed by atoms with Gasteiger partial charge in [-0.2, -0.15) is 0 Å². The van der Waals surface area contributed by atoms with Crippen LogP contribution in [0, 0.1) is 17.0 Å². The minimum absolute atomic E-state index is 0.0309. The number of hydrogen-bond acceptors (Lipinski definition) is 4. The van der Waals surface area contributed by atoms with Gasteiger partial charge in [-0.25, -0.2) is 4.98 Å². The molecule has 0 bridgehead atoms. The highest BCUT2D eigenvalue weighted by Crippen LogP contribution is 2.35. The van der Waals surface area contributed by atoms with E-state index in [-0.39, 0.29) is 12.3 Å². The van der Waals surface area contributed by atoms with Crippen molar-refractivity contribution in [2.24, 2.45) is 0 Å². The number of benzene rings is 3. The number of nitro benzene ring substituents is 1. The molecule has 0 aliphatic carbocycles. The van der Waals surface area contributed by atoms with Crippen LogP contribution < -0.4 is 0 Å². The fourth-order valence-corrected chi connectivity index (χ4v) is 3.21. The summed E-state index contributed by atoms with van der Waals surface area (Å²) in [5.74, 6) is 0. The van der Waals surface area contributed by atoms with E-state index in [0.29, 0.717) is 5.69 Å². The van der Waals surface area contributed by atoms with E-state index in [0.717, 1.165) is 38.4 Å². The summed E-state index contributed by atoms with van der Waals surface area (Å²) in [7, 11) is 0. The Morgan fingerprint density at radius 2 is 1.69 bits per heavy atom. The number of aryl methyl sites for hydroxylation is 1. The van der Waals surface area contributed by atoms with Crippen LogP contribution in [0.1, 0.15) is 11.1 Å². The van der Waals surface area contributed by atoms with Crippen molar-refractivity contribution in [3.8, 4) is 11.3 Å². The average Bonchev–Trinajstić information content (AvgIpc) is 2.66. The molecule has 26 heavy (non-hydrogen) atoms. The van der Waals surface area contributed by atoms with Gasteiger partial charge >= 0.3 is 0 Å². The van der Waals surface area contributed by atoms with Crippen LogP contribution in [0.2, 0.25) is 0 Å². The van der Waals surface area contributed by atoms with Crippen LogP contribution in [0.15, 0.2) is 60.7 Å². The monoisotopic (exact) mass is 344 g/mol. The molecule has 0 radical (unpaired) electrons. The molecule has 0 amide bonds. The first-order valence-electron chi connectivity index (χ1n) is 8.25. The van der Waals surface area contributed by atoms with E-state index in [4.69, 9.17) is 4.98 Å². The Kier molecular flexibility index (Phi) is 3.86. The molecule has 1 aromatic heterocycles. The van der Waals surface area contributed by atoms with E-state index < -0.39 is 4.92 Å². The van der Waals surface area contributed by atoms with Gasteiger partial charge in [-0.15, -0.1) is 0 Å². The second kappa shape index (κ2) is 6.20. The molecule has 0 saturated carbocycles. The third-order valence-electron chi connectivity index (χ3n) is 4.55. The molecule has 0 aliphatic rings. The van der Waals surface area contributed by atoms with Crippen molar-refractivity contribution in [3.05, 3.63) is 81.9 Å². The van der Waals surface area contributed by atoms with Gasteiger partial charge in [0.25, 0.3) is 5.69 Å². The number of aromatic nitrogens is 1. The van der Waals surface area contributed by atoms with Gasteiger partial charge in [0.2, 0.25) is 0 Å². The van der Waals surface area contributed by atoms with E-state index in [9.17, 15) is 15.2 Å². The van der Waals surface area contributed by atoms with Gasteiger partial charge in [-0.05, 0) is 35.6 Å². The van der Waals surface area contributed by atoms with Crippen LogP contribution in [0.4, 0.5) is 5.69 Å². The topological polar surface area (TPSA) is 76.3 Å². The van der Waals surface area contributed by atoms with E-state index in [1.807, 2.05) is 49.4 Å². The lowest BCUT2D eigenvalue weighted by Crippen LogP contribution is -1.93. The molecule has 0 unspecified atom stereocenters. The molecular formula is C21H16N2O3. The molecule has 1 N–H and O–H groups in total. The maximum Gasteiger partial charge on any atom is 0.270 e. The summed E-state index contributed by atoms with van der Waals surface area (Å²) in [5.41, 5.74) is 4.36. The zero-order valence-electron chi connectivity index (χ0n) is 14.1. The zero-order chi connectivity index (χ0) is 18.3. The second-order valence-corrected chi connectivity index (χ2v) is 6.32. The predicted molar refractivity (Wildman–Crippen MR) is 102 cm³/mol. The maximum absolute atomic E-state index is 11.2. The van der Waals surface area contributed by atoms with Gasteiger partial charge in [0.05, 0.1) is 22.7 Å². The number of aliphatic hydroxyl groups is 1. The summed E-state index contributed by atoms with van der Waals surface area (Å²) in [4.78, 5) is 15.7. The van der Waals surface area contributed by atoms with Crippen molar-refractivity contribution < 1.29 is 10.0 Å². The number of nitrogens with zero attached hydrogens (tertiary/aromatic N) is 2. The number of non-ortho nitro benzene ring substituents is 1. The van der Waals surface area contributed by atoms with E-state index >= 15 is 0 Å². The highest BCUT2D eigenvalue weighted by Gasteiger charge is 2.14. The largest absolute Gasteiger partial charge is 0.392 e. The molecule has 4 aromatic rings. The Morgan fingerprint density at radius 1 is 0.962 bits per heavy atom. The molecule has 4 rings (SSSR count). The van der Waals surface area contributed by atoms with Crippen LogP contribution in [-0.2, 0) is 6.61 Å². The van der Waals surface area contributed by atoms with Gasteiger partial charge in [0.15, 0.2) is 0 Å². The molecule has 1 heterocycles. The lowest BCUT2D eigenvalue weighted by Gasteiger charge is -2.11. The summed E-state index contributed by atoms with van der Waals surface area (Å²) >= 11 is 0. The average molecular weight is 344 g/mol. The van der Waals surface area contributed by atoms with E-state index in [1.165, 1.54) is 6.07 Å². The number of aliphatic hydroxyl groups excluding tert-OH is 1. The molecule has 0 spiro atoms. The molecule has 0 fully saturated rings. The van der Waals surface area contributed by atoms with Crippen molar-refractivity contribution in [3.63, 3.8) is 0 Å². The molecule has 5 nitrogen and oxygen atoms in total. The van der Waals surface area contributed by atoms with Crippen LogP contribution in [-0.4, -0.2) is 15.0 Å². The Balaban J connectivity index is 2.09. The molecule has 5 heteroatoms. The predicted octanol–water partition coefficient (Wildman–Crippen LogP) is 4.76. The Morgan fingerprint density at radius 3 is 2.38 bits per heavy atom. The first-order chi connectivity index (χ1) is 12.6. The van der Waals surface area contributed by atoms with Gasteiger partial charge in [0.1, 0.15) is 0 Å². The summed E-state index contributed by atoms with van der Waals surface area (Å²) in [6.45, 7) is 1.98. The lowest BCUT2D eigenvalue weighted by molar-refractivity contribution is -0.384. The van der Waals surface area contributed by atoms with Gasteiger partial charge in [-0.3, -0.25) is 10.1 Å². The van der Waals surface area contributed by atoms with Crippen LogP contribution >= 0.6 is 0 Å². The third-order valence-corrected chi connectivity index (χ3v) is 4.55. The third kappa shape index (κ3) is 2.68. The van der Waals surface area contributed by atoms with Crippen LogP contribution in [0.25, 0.3) is 32.9 Å². The van der Waals surface area contributed by atoms with E-state index in [2.05, 4.69) is 0 Å². The summed E-state index contributed by atoms with van der Waals surface area (Å²) in [6.07, 6.45) is 0. The number of pyridine rings is 1. The Bertz CT molecular complexity index is 1150. The molecule has 128 valence electrons. The second-order valence-electron chi connectivity index (χ2n) is 6.32. The number of nitro groups is 1. The number of rotatable bonds is 3. The fourth-order valence-electron chi connectivity index (χ4n) is 3.21. The van der Waals surface area contributed by atoms with Gasteiger partial charge in [-0.1, -0.05) is 36.4 Å². The van der Waals surface area contributed by atoms with Crippen molar-refractivity contribution in [2.75, 3.05) is 0 Å².